The molecule has 1 amide bonds. The van der Waals surface area contributed by atoms with Crippen LogP contribution in [0.3, 0.4) is 0 Å². The normalized spacial score (nSPS) is 17.5. The van der Waals surface area contributed by atoms with E-state index in [-0.39, 0.29) is 18.7 Å². The lowest BCUT2D eigenvalue weighted by molar-refractivity contribution is 0.0611. The molecule has 4 rings (SSSR count). The van der Waals surface area contributed by atoms with Crippen molar-refractivity contribution in [2.24, 2.45) is 0 Å². The van der Waals surface area contributed by atoms with E-state index < -0.39 is 0 Å². The van der Waals surface area contributed by atoms with Gasteiger partial charge in [0.15, 0.2) is 23.0 Å². The molecular weight excluding hydrogens is 424 g/mol. The fraction of sp³-hybridized carbons (Fsp3) is 0.480. The number of carbonyl (C=O) groups is 1. The average molecular weight is 457 g/mol. The highest BCUT2D eigenvalue weighted by Crippen LogP contribution is 2.35. The number of fused-ring (bicyclic) bond motifs is 1. The molecule has 2 heterocycles. The summed E-state index contributed by atoms with van der Waals surface area (Å²) in [6.07, 6.45) is 2.98. The maximum absolute atomic E-state index is 13.1. The first-order valence-electron chi connectivity index (χ1n) is 11.3. The Balaban J connectivity index is 1.26. The number of hydrogen-bond acceptors (Lipinski definition) is 7. The summed E-state index contributed by atoms with van der Waals surface area (Å²) in [5, 5.41) is 0. The van der Waals surface area contributed by atoms with Gasteiger partial charge in [0.1, 0.15) is 5.75 Å². The number of likely N-dealkylation sites (tertiary alicyclic amines) is 1. The van der Waals surface area contributed by atoms with E-state index in [0.29, 0.717) is 23.7 Å². The molecule has 2 aromatic rings. The van der Waals surface area contributed by atoms with Crippen molar-refractivity contribution in [3.8, 4) is 28.7 Å². The SMILES string of the molecule is COc1ccc(C(=O)N(C)C2CCCN(CCCOc3ccc4c(c3)OCO4)C2)cc1OC. The van der Waals surface area contributed by atoms with E-state index in [1.165, 1.54) is 0 Å². The number of benzene rings is 2. The Morgan fingerprint density at radius 1 is 1.09 bits per heavy atom. The zero-order valence-electron chi connectivity index (χ0n) is 19.5. The molecule has 0 bridgehead atoms. The van der Waals surface area contributed by atoms with Gasteiger partial charge >= 0.3 is 0 Å². The Morgan fingerprint density at radius 2 is 1.91 bits per heavy atom. The van der Waals surface area contributed by atoms with Crippen LogP contribution in [0.5, 0.6) is 28.7 Å². The van der Waals surface area contributed by atoms with Gasteiger partial charge < -0.3 is 33.5 Å². The van der Waals surface area contributed by atoms with Gasteiger partial charge in [-0.2, -0.15) is 0 Å². The molecule has 0 saturated carbocycles. The van der Waals surface area contributed by atoms with E-state index in [1.54, 1.807) is 32.4 Å². The molecule has 1 saturated heterocycles. The van der Waals surface area contributed by atoms with Crippen molar-refractivity contribution >= 4 is 5.91 Å². The van der Waals surface area contributed by atoms with E-state index in [9.17, 15) is 4.79 Å². The van der Waals surface area contributed by atoms with Gasteiger partial charge in [-0.1, -0.05) is 0 Å². The highest BCUT2D eigenvalue weighted by Gasteiger charge is 2.27. The van der Waals surface area contributed by atoms with Gasteiger partial charge in [-0.25, -0.2) is 0 Å². The maximum atomic E-state index is 13.1. The summed E-state index contributed by atoms with van der Waals surface area (Å²) >= 11 is 0. The smallest absolute Gasteiger partial charge is 0.254 e. The average Bonchev–Trinajstić information content (AvgIpc) is 3.33. The molecule has 178 valence electrons. The molecule has 8 heteroatoms. The number of carbonyl (C=O) groups excluding carboxylic acids is 1. The first kappa shape index (κ1) is 23.0. The predicted octanol–water partition coefficient (Wildman–Crippen LogP) is 3.44. The molecule has 0 aliphatic carbocycles. The molecule has 2 aliphatic heterocycles. The second kappa shape index (κ2) is 10.7. The van der Waals surface area contributed by atoms with Crippen molar-refractivity contribution < 1.29 is 28.5 Å². The Bertz CT molecular complexity index is 966. The van der Waals surface area contributed by atoms with Crippen molar-refractivity contribution in [2.75, 3.05) is 54.3 Å². The van der Waals surface area contributed by atoms with E-state index >= 15 is 0 Å². The molecule has 8 nitrogen and oxygen atoms in total. The minimum absolute atomic E-state index is 0.00561. The second-order valence-electron chi connectivity index (χ2n) is 8.30. The van der Waals surface area contributed by atoms with Crippen LogP contribution in [0, 0.1) is 0 Å². The lowest BCUT2D eigenvalue weighted by Gasteiger charge is -2.37. The van der Waals surface area contributed by atoms with Crippen molar-refractivity contribution in [1.29, 1.82) is 0 Å². The molecule has 1 atom stereocenters. The molecule has 33 heavy (non-hydrogen) atoms. The predicted molar refractivity (Wildman–Crippen MR) is 124 cm³/mol. The van der Waals surface area contributed by atoms with Crippen molar-refractivity contribution in [3.05, 3.63) is 42.0 Å². The number of rotatable bonds is 9. The summed E-state index contributed by atoms with van der Waals surface area (Å²) in [7, 11) is 5.04. The Kier molecular flexibility index (Phi) is 7.44. The Labute approximate surface area is 194 Å². The van der Waals surface area contributed by atoms with E-state index in [2.05, 4.69) is 4.90 Å². The zero-order valence-corrected chi connectivity index (χ0v) is 19.5. The molecule has 2 aliphatic rings. The molecular formula is C25H32N2O6. The van der Waals surface area contributed by atoms with E-state index in [1.807, 2.05) is 30.1 Å². The maximum Gasteiger partial charge on any atom is 0.254 e. The van der Waals surface area contributed by atoms with Crippen LogP contribution in [-0.4, -0.2) is 76.1 Å². The van der Waals surface area contributed by atoms with Crippen LogP contribution in [-0.2, 0) is 0 Å². The molecule has 2 aromatic carbocycles. The van der Waals surface area contributed by atoms with E-state index in [4.69, 9.17) is 23.7 Å². The first-order chi connectivity index (χ1) is 16.1. The van der Waals surface area contributed by atoms with Crippen molar-refractivity contribution in [3.63, 3.8) is 0 Å². The third-order valence-electron chi connectivity index (χ3n) is 6.21. The molecule has 0 radical (unpaired) electrons. The number of piperidine rings is 1. The number of likely N-dealkylation sites (N-methyl/N-ethyl adjacent to an activating group) is 1. The molecule has 0 spiro atoms. The Hall–Kier alpha value is -3.13. The summed E-state index contributed by atoms with van der Waals surface area (Å²) in [6, 6.07) is 11.1. The lowest BCUT2D eigenvalue weighted by atomic mass is 10.0. The highest BCUT2D eigenvalue weighted by molar-refractivity contribution is 5.95. The van der Waals surface area contributed by atoms with Gasteiger partial charge in [0.05, 0.1) is 20.8 Å². The van der Waals surface area contributed by atoms with Crippen LogP contribution in [0.15, 0.2) is 36.4 Å². The fourth-order valence-corrected chi connectivity index (χ4v) is 4.33. The highest BCUT2D eigenvalue weighted by atomic mass is 16.7. The van der Waals surface area contributed by atoms with Crippen LogP contribution in [0.4, 0.5) is 0 Å². The number of nitrogens with zero attached hydrogens (tertiary/aromatic N) is 2. The van der Waals surface area contributed by atoms with E-state index in [0.717, 1.165) is 56.1 Å². The zero-order chi connectivity index (χ0) is 23.2. The van der Waals surface area contributed by atoms with Gasteiger partial charge in [0.2, 0.25) is 6.79 Å². The van der Waals surface area contributed by atoms with Crippen LogP contribution in [0.25, 0.3) is 0 Å². The summed E-state index contributed by atoms with van der Waals surface area (Å²) < 4.78 is 27.2. The minimum Gasteiger partial charge on any atom is -0.493 e. The quantitative estimate of drug-likeness (QED) is 0.536. The first-order valence-corrected chi connectivity index (χ1v) is 11.3. The molecule has 1 fully saturated rings. The van der Waals surface area contributed by atoms with Crippen LogP contribution in [0.2, 0.25) is 0 Å². The van der Waals surface area contributed by atoms with Crippen molar-refractivity contribution in [1.82, 2.24) is 9.80 Å². The van der Waals surface area contributed by atoms with Gasteiger partial charge in [-0.15, -0.1) is 0 Å². The van der Waals surface area contributed by atoms with Crippen LogP contribution in [0.1, 0.15) is 29.6 Å². The summed E-state index contributed by atoms with van der Waals surface area (Å²) in [5.41, 5.74) is 0.601. The van der Waals surface area contributed by atoms with Gasteiger partial charge in [-0.3, -0.25) is 4.79 Å². The minimum atomic E-state index is -0.00561. The Morgan fingerprint density at radius 3 is 2.73 bits per heavy atom. The van der Waals surface area contributed by atoms with Crippen LogP contribution >= 0.6 is 0 Å². The molecule has 1 unspecified atom stereocenters. The number of methoxy groups -OCH3 is 2. The number of amides is 1. The summed E-state index contributed by atoms with van der Waals surface area (Å²) in [6.45, 7) is 3.72. The molecule has 0 aromatic heterocycles. The topological polar surface area (TPSA) is 69.7 Å². The van der Waals surface area contributed by atoms with Gasteiger partial charge in [0.25, 0.3) is 5.91 Å². The van der Waals surface area contributed by atoms with Crippen LogP contribution < -0.4 is 23.7 Å². The third-order valence-corrected chi connectivity index (χ3v) is 6.21. The van der Waals surface area contributed by atoms with Gasteiger partial charge in [-0.05, 0) is 56.1 Å². The molecule has 0 N–H and O–H groups in total. The fourth-order valence-electron chi connectivity index (χ4n) is 4.33. The number of hydrogen-bond donors (Lipinski definition) is 0. The van der Waals surface area contributed by atoms with Crippen molar-refractivity contribution in [2.45, 2.75) is 25.3 Å². The standard InChI is InChI=1S/C25H32N2O6/c1-26(25(28)18-7-9-21(29-2)23(14-18)30-3)19-6-4-11-27(16-19)12-5-13-31-20-8-10-22-24(15-20)33-17-32-22/h7-10,14-15,19H,4-6,11-13,16-17H2,1-3H3. The monoisotopic (exact) mass is 456 g/mol. The largest absolute Gasteiger partial charge is 0.493 e. The second-order valence-corrected chi connectivity index (χ2v) is 8.30. The summed E-state index contributed by atoms with van der Waals surface area (Å²) in [4.78, 5) is 17.4. The van der Waals surface area contributed by atoms with Gasteiger partial charge in [0, 0.05) is 37.8 Å². The third kappa shape index (κ3) is 5.45. The summed E-state index contributed by atoms with van der Waals surface area (Å²) in [5.74, 6) is 3.44. The lowest BCUT2D eigenvalue weighted by Crippen LogP contribution is -2.48. The number of ether oxygens (including phenoxy) is 5.